The second kappa shape index (κ2) is 6.87. The minimum atomic E-state index is -0.298. The molecule has 140 valence electrons. The molecule has 0 amide bonds. The molecule has 1 aliphatic heterocycles. The van der Waals surface area contributed by atoms with Crippen molar-refractivity contribution in [2.45, 2.75) is 13.0 Å². The van der Waals surface area contributed by atoms with Crippen LogP contribution in [0.5, 0.6) is 0 Å². The predicted octanol–water partition coefficient (Wildman–Crippen LogP) is 4.28. The van der Waals surface area contributed by atoms with Gasteiger partial charge in [-0.2, -0.15) is 0 Å². The number of benzene rings is 2. The highest BCUT2D eigenvalue weighted by Gasteiger charge is 2.49. The Morgan fingerprint density at radius 3 is 2.25 bits per heavy atom. The number of fused-ring (bicyclic) bond motifs is 5. The van der Waals surface area contributed by atoms with Crippen LogP contribution in [0.3, 0.4) is 0 Å². The Balaban J connectivity index is 1.19. The quantitative estimate of drug-likeness (QED) is 0.458. The van der Waals surface area contributed by atoms with Gasteiger partial charge in [0.15, 0.2) is 0 Å². The summed E-state index contributed by atoms with van der Waals surface area (Å²) >= 11 is 0. The summed E-state index contributed by atoms with van der Waals surface area (Å²) in [5.74, 6) is 5.46. The molecule has 2 aromatic carbocycles. The highest BCUT2D eigenvalue weighted by Crippen LogP contribution is 2.51. The molecule has 3 nitrogen and oxygen atoms in total. The van der Waals surface area contributed by atoms with Crippen molar-refractivity contribution in [1.29, 1.82) is 0 Å². The number of allylic oxidation sites excluding steroid dienone is 2. The molecule has 0 aromatic heterocycles. The summed E-state index contributed by atoms with van der Waals surface area (Å²) in [5.41, 5.74) is 3.54. The topological polar surface area (TPSA) is 29.5 Å². The maximum atomic E-state index is 12.4. The van der Waals surface area contributed by atoms with Crippen molar-refractivity contribution < 1.29 is 9.53 Å². The van der Waals surface area contributed by atoms with E-state index in [4.69, 9.17) is 11.2 Å². The van der Waals surface area contributed by atoms with Gasteiger partial charge in [0.05, 0.1) is 5.56 Å². The van der Waals surface area contributed by atoms with Crippen LogP contribution < -0.4 is 4.90 Å². The monoisotopic (exact) mass is 369 g/mol. The number of terminal acetylenes is 1. The third-order valence-electron chi connectivity index (χ3n) is 6.62. The summed E-state index contributed by atoms with van der Waals surface area (Å²) in [6, 6.07) is 15.3. The summed E-state index contributed by atoms with van der Waals surface area (Å²) in [6.07, 6.45) is 11.6. The third kappa shape index (κ3) is 2.99. The van der Waals surface area contributed by atoms with Crippen molar-refractivity contribution in [3.8, 4) is 12.3 Å². The maximum absolute atomic E-state index is 12.4. The number of carbonyl (C=O) groups is 1. The van der Waals surface area contributed by atoms with Crippen LogP contribution in [0.4, 0.5) is 5.69 Å². The summed E-state index contributed by atoms with van der Waals surface area (Å²) in [5, 5.41) is 0. The van der Waals surface area contributed by atoms with Crippen molar-refractivity contribution >= 4 is 11.7 Å². The molecule has 4 atom stereocenters. The van der Waals surface area contributed by atoms with Crippen LogP contribution >= 0.6 is 0 Å². The van der Waals surface area contributed by atoms with Gasteiger partial charge in [0.2, 0.25) is 0 Å². The molecule has 1 saturated heterocycles. The van der Waals surface area contributed by atoms with E-state index in [1.807, 2.05) is 36.4 Å². The van der Waals surface area contributed by atoms with Crippen LogP contribution in [-0.2, 0) is 11.3 Å². The van der Waals surface area contributed by atoms with Gasteiger partial charge in [0.25, 0.3) is 0 Å². The first-order valence-electron chi connectivity index (χ1n) is 9.97. The Morgan fingerprint density at radius 1 is 1.00 bits per heavy atom. The maximum Gasteiger partial charge on any atom is 0.338 e. The SMILES string of the molecule is C#Cc1ccc(COC(=O)c2ccc(N3CC4C5C=CC(C5)C4C3)cc2)cc1. The molecule has 3 heteroatoms. The summed E-state index contributed by atoms with van der Waals surface area (Å²) in [4.78, 5) is 14.8. The van der Waals surface area contributed by atoms with E-state index in [0.717, 1.165) is 47.9 Å². The Morgan fingerprint density at radius 2 is 1.64 bits per heavy atom. The Hall–Kier alpha value is -2.99. The molecule has 0 radical (unpaired) electrons. The summed E-state index contributed by atoms with van der Waals surface area (Å²) < 4.78 is 5.44. The number of esters is 1. The van der Waals surface area contributed by atoms with Gasteiger partial charge >= 0.3 is 5.97 Å². The molecular formula is C25H23NO2. The van der Waals surface area contributed by atoms with Crippen LogP contribution in [-0.4, -0.2) is 19.1 Å². The molecule has 28 heavy (non-hydrogen) atoms. The van der Waals surface area contributed by atoms with Crippen molar-refractivity contribution in [3.05, 3.63) is 77.4 Å². The van der Waals surface area contributed by atoms with Crippen LogP contribution in [0.1, 0.15) is 27.9 Å². The second-order valence-electron chi connectivity index (χ2n) is 8.15. The van der Waals surface area contributed by atoms with Crippen molar-refractivity contribution in [2.24, 2.45) is 23.7 Å². The van der Waals surface area contributed by atoms with Crippen molar-refractivity contribution in [2.75, 3.05) is 18.0 Å². The number of nitrogens with zero attached hydrogens (tertiary/aromatic N) is 1. The molecule has 0 spiro atoms. The van der Waals surface area contributed by atoms with Gasteiger partial charge in [-0.15, -0.1) is 6.42 Å². The molecule has 2 aliphatic carbocycles. The van der Waals surface area contributed by atoms with Crippen LogP contribution in [0.25, 0.3) is 0 Å². The molecule has 1 heterocycles. The number of ether oxygens (including phenoxy) is 1. The summed E-state index contributed by atoms with van der Waals surface area (Å²) in [6.45, 7) is 2.51. The molecular weight excluding hydrogens is 346 g/mol. The van der Waals surface area contributed by atoms with Crippen molar-refractivity contribution in [1.82, 2.24) is 0 Å². The van der Waals surface area contributed by atoms with Crippen LogP contribution in [0.15, 0.2) is 60.7 Å². The van der Waals surface area contributed by atoms with E-state index in [2.05, 4.69) is 35.1 Å². The minimum absolute atomic E-state index is 0.247. The van der Waals surface area contributed by atoms with E-state index in [1.54, 1.807) is 0 Å². The minimum Gasteiger partial charge on any atom is -0.457 e. The normalized spacial score (nSPS) is 26.9. The van der Waals surface area contributed by atoms with Gasteiger partial charge < -0.3 is 9.64 Å². The molecule has 2 aromatic rings. The molecule has 4 unspecified atom stereocenters. The molecule has 3 aliphatic rings. The van der Waals surface area contributed by atoms with Crippen molar-refractivity contribution in [3.63, 3.8) is 0 Å². The number of carbonyl (C=O) groups excluding carboxylic acids is 1. The van der Waals surface area contributed by atoms with Gasteiger partial charge in [-0.25, -0.2) is 4.79 Å². The van der Waals surface area contributed by atoms with Gasteiger partial charge in [-0.1, -0.05) is 30.2 Å². The van der Waals surface area contributed by atoms with Crippen LogP contribution in [0.2, 0.25) is 0 Å². The Labute approximate surface area is 166 Å². The van der Waals surface area contributed by atoms with E-state index in [-0.39, 0.29) is 12.6 Å². The first kappa shape index (κ1) is 17.1. The lowest BCUT2D eigenvalue weighted by Crippen LogP contribution is -2.22. The number of rotatable bonds is 4. The van der Waals surface area contributed by atoms with E-state index < -0.39 is 0 Å². The lowest BCUT2D eigenvalue weighted by atomic mass is 9.86. The largest absolute Gasteiger partial charge is 0.457 e. The lowest BCUT2D eigenvalue weighted by Gasteiger charge is -2.21. The molecule has 0 N–H and O–H groups in total. The molecule has 2 bridgehead atoms. The molecule has 2 fully saturated rings. The second-order valence-corrected chi connectivity index (χ2v) is 8.15. The Kier molecular flexibility index (Phi) is 4.20. The zero-order chi connectivity index (χ0) is 19.1. The highest BCUT2D eigenvalue weighted by molar-refractivity contribution is 5.89. The number of hydrogen-bond donors (Lipinski definition) is 0. The van der Waals surface area contributed by atoms with Gasteiger partial charge in [0, 0.05) is 24.3 Å². The van der Waals surface area contributed by atoms with Crippen LogP contribution in [0, 0.1) is 36.0 Å². The fourth-order valence-corrected chi connectivity index (χ4v) is 5.10. The average Bonchev–Trinajstić information content (AvgIpc) is 3.46. The zero-order valence-electron chi connectivity index (χ0n) is 15.8. The molecule has 5 rings (SSSR count). The van der Waals surface area contributed by atoms with E-state index in [0.29, 0.717) is 5.56 Å². The fourth-order valence-electron chi connectivity index (χ4n) is 5.10. The Bertz CT molecular complexity index is 932. The highest BCUT2D eigenvalue weighted by atomic mass is 16.5. The van der Waals surface area contributed by atoms with E-state index in [1.165, 1.54) is 12.1 Å². The third-order valence-corrected chi connectivity index (χ3v) is 6.62. The van der Waals surface area contributed by atoms with Gasteiger partial charge in [0.1, 0.15) is 6.61 Å². The lowest BCUT2D eigenvalue weighted by molar-refractivity contribution is 0.0473. The standard InChI is InChI=1S/C25H23NO2/c1-2-17-3-5-18(6-4-17)16-28-25(27)19-9-11-22(12-10-19)26-14-23-20-7-8-21(13-20)24(23)15-26/h1,3-12,20-21,23-24H,13-16H2. The van der Waals surface area contributed by atoms with Gasteiger partial charge in [-0.05, 0) is 72.1 Å². The first-order chi connectivity index (χ1) is 13.7. The number of anilines is 1. The predicted molar refractivity (Wildman–Crippen MR) is 110 cm³/mol. The van der Waals surface area contributed by atoms with E-state index in [9.17, 15) is 4.79 Å². The zero-order valence-corrected chi connectivity index (χ0v) is 15.8. The smallest absolute Gasteiger partial charge is 0.338 e. The van der Waals surface area contributed by atoms with Gasteiger partial charge in [-0.3, -0.25) is 0 Å². The van der Waals surface area contributed by atoms with E-state index >= 15 is 0 Å². The fraction of sp³-hybridized carbons (Fsp3) is 0.320. The number of hydrogen-bond acceptors (Lipinski definition) is 3. The molecule has 1 saturated carbocycles. The first-order valence-corrected chi connectivity index (χ1v) is 9.97. The average molecular weight is 369 g/mol. The summed E-state index contributed by atoms with van der Waals surface area (Å²) in [7, 11) is 0.